The monoisotopic (exact) mass is 551 g/mol. The summed E-state index contributed by atoms with van der Waals surface area (Å²) in [6.45, 7) is 8.54. The molecular weight excluding hydrogens is 502 g/mol. The van der Waals surface area contributed by atoms with Crippen molar-refractivity contribution in [2.45, 2.75) is 90.0 Å². The van der Waals surface area contributed by atoms with E-state index in [4.69, 9.17) is 9.72 Å². The topological polar surface area (TPSA) is 90.0 Å². The number of pyridine rings is 1. The number of aliphatic hydroxyl groups excluding tert-OH is 1. The number of carbonyl (C=O) groups is 1. The Kier molecular flexibility index (Phi) is 9.00. The number of fused-ring (bicyclic) bond motifs is 1. The van der Waals surface area contributed by atoms with E-state index in [2.05, 4.69) is 66.6 Å². The van der Waals surface area contributed by atoms with Crippen LogP contribution in [0.25, 0.3) is 0 Å². The van der Waals surface area contributed by atoms with E-state index in [1.165, 1.54) is 6.92 Å². The Hall–Kier alpha value is -2.84. The molecule has 1 saturated carbocycles. The van der Waals surface area contributed by atoms with Crippen molar-refractivity contribution in [2.75, 3.05) is 44.5 Å². The van der Waals surface area contributed by atoms with Crippen molar-refractivity contribution in [1.82, 2.24) is 15.6 Å². The van der Waals surface area contributed by atoms with Gasteiger partial charge >= 0.3 is 0 Å². The summed E-state index contributed by atoms with van der Waals surface area (Å²) in [5, 5.41) is 18.0. The van der Waals surface area contributed by atoms with Crippen LogP contribution in [0, 0.1) is 5.41 Å². The lowest BCUT2D eigenvalue weighted by atomic mass is 9.72. The van der Waals surface area contributed by atoms with Gasteiger partial charge in [-0.1, -0.05) is 32.9 Å². The number of carbonyl (C=O) groups excluding carboxylic acids is 1. The van der Waals surface area contributed by atoms with Crippen LogP contribution in [-0.4, -0.2) is 68.5 Å². The van der Waals surface area contributed by atoms with E-state index in [0.717, 1.165) is 66.2 Å². The first-order chi connectivity index (χ1) is 18.7. The molecule has 3 atom stereocenters. The minimum Gasteiger partial charge on any atom is -0.483 e. The summed E-state index contributed by atoms with van der Waals surface area (Å²) in [6, 6.07) is 10.1. The number of nitrogens with one attached hydrogen (secondary N) is 2. The number of anilines is 2. The molecule has 0 saturated heterocycles. The predicted octanol–water partition coefficient (Wildman–Crippen LogP) is 4.25. The number of rotatable bonds is 10. The third-order valence-corrected chi connectivity index (χ3v) is 8.04. The largest absolute Gasteiger partial charge is 0.483 e. The second-order valence-corrected chi connectivity index (χ2v) is 13.4. The molecule has 1 aliphatic heterocycles. The molecule has 40 heavy (non-hydrogen) atoms. The highest BCUT2D eigenvalue weighted by Gasteiger charge is 2.47. The summed E-state index contributed by atoms with van der Waals surface area (Å²) < 4.78 is 6.71. The average Bonchev–Trinajstić information content (AvgIpc) is 2.84. The van der Waals surface area contributed by atoms with Crippen molar-refractivity contribution in [2.24, 2.45) is 5.41 Å². The Bertz CT molecular complexity index is 1170. The molecule has 1 amide bonds. The molecule has 0 unspecified atom stereocenters. The van der Waals surface area contributed by atoms with Crippen LogP contribution in [0.5, 0.6) is 5.75 Å². The first-order valence-electron chi connectivity index (χ1n) is 14.6. The number of ether oxygens (including phenoxy) is 1. The number of hydrogen-bond acceptors (Lipinski definition) is 7. The van der Waals surface area contributed by atoms with Crippen molar-refractivity contribution in [3.05, 3.63) is 47.2 Å². The van der Waals surface area contributed by atoms with Crippen LogP contribution in [-0.2, 0) is 17.6 Å². The van der Waals surface area contributed by atoms with Crippen LogP contribution >= 0.6 is 0 Å². The van der Waals surface area contributed by atoms with Gasteiger partial charge in [0, 0.05) is 71.1 Å². The zero-order chi connectivity index (χ0) is 29.2. The van der Waals surface area contributed by atoms with Crippen molar-refractivity contribution in [3.63, 3.8) is 0 Å². The Labute approximate surface area is 240 Å². The number of aromatic nitrogens is 1. The normalized spacial score (nSPS) is 19.2. The van der Waals surface area contributed by atoms with Gasteiger partial charge in [0.05, 0.1) is 12.1 Å². The first-order valence-corrected chi connectivity index (χ1v) is 14.6. The Morgan fingerprint density at radius 2 is 1.82 bits per heavy atom. The molecule has 0 bridgehead atoms. The van der Waals surface area contributed by atoms with E-state index in [0.29, 0.717) is 13.0 Å². The van der Waals surface area contributed by atoms with E-state index >= 15 is 0 Å². The molecular formula is C32H49N5O3. The number of hydrogen-bond donors (Lipinski definition) is 3. The Morgan fingerprint density at radius 3 is 2.35 bits per heavy atom. The van der Waals surface area contributed by atoms with Crippen LogP contribution < -0.4 is 25.2 Å². The molecule has 1 fully saturated rings. The Balaban J connectivity index is 1.57. The third kappa shape index (κ3) is 7.26. The molecule has 2 heterocycles. The summed E-state index contributed by atoms with van der Waals surface area (Å²) in [7, 11) is 8.06. The van der Waals surface area contributed by atoms with Gasteiger partial charge < -0.3 is 30.3 Å². The second-order valence-electron chi connectivity index (χ2n) is 13.4. The quantitative estimate of drug-likeness (QED) is 0.407. The van der Waals surface area contributed by atoms with Crippen LogP contribution in [0.2, 0.25) is 0 Å². The predicted molar refractivity (Wildman–Crippen MR) is 162 cm³/mol. The molecule has 1 aliphatic carbocycles. The van der Waals surface area contributed by atoms with Gasteiger partial charge in [0.1, 0.15) is 5.60 Å². The van der Waals surface area contributed by atoms with E-state index in [1.54, 1.807) is 0 Å². The number of benzene rings is 1. The zero-order valence-corrected chi connectivity index (χ0v) is 25.7. The second kappa shape index (κ2) is 12.0. The van der Waals surface area contributed by atoms with Gasteiger partial charge in [0.2, 0.25) is 5.91 Å². The van der Waals surface area contributed by atoms with Gasteiger partial charge in [-0.15, -0.1) is 0 Å². The van der Waals surface area contributed by atoms with Gasteiger partial charge in [-0.3, -0.25) is 4.79 Å². The average molecular weight is 552 g/mol. The summed E-state index contributed by atoms with van der Waals surface area (Å²) in [4.78, 5) is 21.2. The lowest BCUT2D eigenvalue weighted by Crippen LogP contribution is -2.52. The van der Waals surface area contributed by atoms with Gasteiger partial charge in [-0.25, -0.2) is 4.98 Å². The maximum absolute atomic E-state index is 12.1. The van der Waals surface area contributed by atoms with Crippen LogP contribution in [0.15, 0.2) is 30.3 Å². The number of nitrogens with zero attached hydrogens (tertiary/aromatic N) is 3. The van der Waals surface area contributed by atoms with Gasteiger partial charge in [0.15, 0.2) is 11.6 Å². The molecule has 1 aromatic carbocycles. The summed E-state index contributed by atoms with van der Waals surface area (Å²) in [5.74, 6) is 1.58. The molecule has 220 valence electrons. The molecule has 4 rings (SSSR count). The lowest BCUT2D eigenvalue weighted by Gasteiger charge is -2.49. The maximum Gasteiger partial charge on any atom is 0.217 e. The molecule has 3 N–H and O–H groups in total. The van der Waals surface area contributed by atoms with Crippen molar-refractivity contribution >= 4 is 17.4 Å². The maximum atomic E-state index is 12.1. The minimum atomic E-state index is -0.759. The van der Waals surface area contributed by atoms with Gasteiger partial charge in [-0.05, 0) is 61.3 Å². The fourth-order valence-corrected chi connectivity index (χ4v) is 5.83. The smallest absolute Gasteiger partial charge is 0.217 e. The van der Waals surface area contributed by atoms with Crippen molar-refractivity contribution in [1.29, 1.82) is 0 Å². The standard InChI is InChI=1S/C32H49N5O3/c1-21(38)34-26(16-22-10-12-24(13-11-22)36(5)6)28(39)20-33-27-19-32(14-9-15-32)40-29-25(27)17-23(18-31(2,3)4)35-30(29)37(7)8/h10-13,17,26-28,33,39H,9,14-16,18-20H2,1-8H3,(H,34,38)/t26-,27-,28+/m0/s1. The van der Waals surface area contributed by atoms with Gasteiger partial charge in [0.25, 0.3) is 0 Å². The summed E-state index contributed by atoms with van der Waals surface area (Å²) >= 11 is 0. The fraction of sp³-hybridized carbons (Fsp3) is 0.625. The van der Waals surface area contributed by atoms with E-state index in [1.807, 2.05) is 33.1 Å². The highest BCUT2D eigenvalue weighted by Crippen LogP contribution is 2.51. The van der Waals surface area contributed by atoms with Crippen molar-refractivity contribution < 1.29 is 14.6 Å². The van der Waals surface area contributed by atoms with Crippen LogP contribution in [0.1, 0.15) is 76.2 Å². The highest BCUT2D eigenvalue weighted by atomic mass is 16.5. The molecule has 8 heteroatoms. The molecule has 2 aliphatic rings. The molecule has 2 aromatic rings. The molecule has 8 nitrogen and oxygen atoms in total. The SMILES string of the molecule is CC(=O)N[C@@H](Cc1ccc(N(C)C)cc1)[C@H](O)CN[C@H]1CC2(CCC2)Oc2c1cc(CC(C)(C)C)nc2N(C)C. The number of aliphatic hydroxyl groups is 1. The van der Waals surface area contributed by atoms with Gasteiger partial charge in [-0.2, -0.15) is 0 Å². The molecule has 1 spiro atoms. The fourth-order valence-electron chi connectivity index (χ4n) is 5.83. The minimum absolute atomic E-state index is 0.0245. The van der Waals surface area contributed by atoms with E-state index < -0.39 is 12.1 Å². The summed E-state index contributed by atoms with van der Waals surface area (Å²) in [6.07, 6.45) is 4.73. The summed E-state index contributed by atoms with van der Waals surface area (Å²) in [5.41, 5.74) is 4.26. The zero-order valence-electron chi connectivity index (χ0n) is 25.7. The Morgan fingerprint density at radius 1 is 1.15 bits per heavy atom. The van der Waals surface area contributed by atoms with Crippen molar-refractivity contribution in [3.8, 4) is 5.75 Å². The molecule has 1 aromatic heterocycles. The van der Waals surface area contributed by atoms with Crippen LogP contribution in [0.3, 0.4) is 0 Å². The first kappa shape index (κ1) is 30.1. The number of amides is 1. The van der Waals surface area contributed by atoms with E-state index in [-0.39, 0.29) is 23.0 Å². The molecule has 0 radical (unpaired) electrons. The van der Waals surface area contributed by atoms with E-state index in [9.17, 15) is 9.90 Å². The third-order valence-electron chi connectivity index (χ3n) is 8.04. The lowest BCUT2D eigenvalue weighted by molar-refractivity contribution is -0.120. The highest BCUT2D eigenvalue weighted by molar-refractivity contribution is 5.73. The van der Waals surface area contributed by atoms with Crippen LogP contribution in [0.4, 0.5) is 11.5 Å².